The highest BCUT2D eigenvalue weighted by Gasteiger charge is 2.33. The average molecular weight is 289 g/mol. The molecule has 6 heteroatoms. The zero-order chi connectivity index (χ0) is 14.8. The third-order valence-corrected chi connectivity index (χ3v) is 3.62. The molecule has 2 heterocycles. The maximum absolute atomic E-state index is 13.0. The van der Waals surface area contributed by atoms with Gasteiger partial charge in [-0.15, -0.1) is 0 Å². The fourth-order valence-corrected chi connectivity index (χ4v) is 2.65. The van der Waals surface area contributed by atoms with Crippen LogP contribution in [0.15, 0.2) is 36.7 Å². The number of β-amino-alcohol motifs (C(OH)–C–C–N with tert-alkyl or cyclic N) is 1. The number of nitrogens with zero attached hydrogens (tertiary/aromatic N) is 3. The van der Waals surface area contributed by atoms with Gasteiger partial charge in [-0.05, 0) is 24.1 Å². The number of aliphatic hydroxyl groups is 1. The Labute approximate surface area is 122 Å². The molecule has 0 aliphatic carbocycles. The molecular weight excluding hydrogens is 273 g/mol. The number of aromatic nitrogens is 2. The van der Waals surface area contributed by atoms with Gasteiger partial charge in [-0.1, -0.05) is 12.1 Å². The Bertz CT molecular complexity index is 621. The first-order chi connectivity index (χ1) is 10.2. The van der Waals surface area contributed by atoms with Crippen molar-refractivity contribution in [1.29, 1.82) is 0 Å². The van der Waals surface area contributed by atoms with Crippen molar-refractivity contribution in [2.75, 3.05) is 18.6 Å². The molecule has 3 rings (SSSR count). The largest absolute Gasteiger partial charge is 0.497 e. The van der Waals surface area contributed by atoms with Crippen molar-refractivity contribution in [3.05, 3.63) is 48.0 Å². The van der Waals surface area contributed by atoms with Gasteiger partial charge in [0.1, 0.15) is 5.75 Å². The van der Waals surface area contributed by atoms with Crippen LogP contribution in [-0.4, -0.2) is 34.8 Å². The summed E-state index contributed by atoms with van der Waals surface area (Å²) in [5.74, 6) is 0.700. The van der Waals surface area contributed by atoms with E-state index in [4.69, 9.17) is 4.74 Å². The van der Waals surface area contributed by atoms with Crippen LogP contribution in [0.25, 0.3) is 0 Å². The number of anilines is 1. The van der Waals surface area contributed by atoms with E-state index in [-0.39, 0.29) is 6.04 Å². The molecule has 2 aromatic rings. The summed E-state index contributed by atoms with van der Waals surface area (Å²) in [5, 5.41) is 9.97. The lowest BCUT2D eigenvalue weighted by Gasteiger charge is -2.24. The van der Waals surface area contributed by atoms with Gasteiger partial charge in [0, 0.05) is 6.54 Å². The molecule has 21 heavy (non-hydrogen) atoms. The second-order valence-electron chi connectivity index (χ2n) is 5.04. The molecule has 0 saturated carbocycles. The van der Waals surface area contributed by atoms with Crippen molar-refractivity contribution in [1.82, 2.24) is 9.97 Å². The average Bonchev–Trinajstić information content (AvgIpc) is 2.90. The van der Waals surface area contributed by atoms with Gasteiger partial charge in [-0.2, -0.15) is 0 Å². The van der Waals surface area contributed by atoms with Crippen molar-refractivity contribution < 1.29 is 14.2 Å². The van der Waals surface area contributed by atoms with E-state index < -0.39 is 11.9 Å². The first-order valence-corrected chi connectivity index (χ1v) is 6.73. The maximum Gasteiger partial charge on any atom is 0.226 e. The Kier molecular flexibility index (Phi) is 3.70. The van der Waals surface area contributed by atoms with Crippen LogP contribution in [0.4, 0.5) is 10.3 Å². The minimum atomic E-state index is -0.476. The first-order valence-electron chi connectivity index (χ1n) is 6.73. The summed E-state index contributed by atoms with van der Waals surface area (Å²) in [7, 11) is 1.61. The van der Waals surface area contributed by atoms with Gasteiger partial charge in [0.2, 0.25) is 5.95 Å². The molecule has 1 saturated heterocycles. The Morgan fingerprint density at radius 1 is 1.33 bits per heavy atom. The standard InChI is InChI=1S/C15H16FN3O2/c1-21-13-4-2-3-10(5-13)14-6-12(20)9-19(14)15-17-7-11(16)8-18-15/h2-5,7-8,12,14,20H,6,9H2,1H3/t12-,14+/m0/s1. The normalized spacial score (nSPS) is 21.6. The molecule has 0 radical (unpaired) electrons. The second-order valence-corrected chi connectivity index (χ2v) is 5.04. The Morgan fingerprint density at radius 2 is 2.10 bits per heavy atom. The number of hydrogen-bond acceptors (Lipinski definition) is 5. The molecule has 1 aromatic heterocycles. The monoisotopic (exact) mass is 289 g/mol. The summed E-state index contributed by atoms with van der Waals surface area (Å²) >= 11 is 0. The Hall–Kier alpha value is -2.21. The molecule has 1 aliphatic heterocycles. The molecule has 0 unspecified atom stereocenters. The fraction of sp³-hybridized carbons (Fsp3) is 0.333. The smallest absolute Gasteiger partial charge is 0.226 e. The van der Waals surface area contributed by atoms with Crippen molar-refractivity contribution in [3.63, 3.8) is 0 Å². The summed E-state index contributed by atoms with van der Waals surface area (Å²) in [5.41, 5.74) is 1.01. The zero-order valence-electron chi connectivity index (χ0n) is 11.6. The third-order valence-electron chi connectivity index (χ3n) is 3.62. The fourth-order valence-electron chi connectivity index (χ4n) is 2.65. The van der Waals surface area contributed by atoms with Gasteiger partial charge in [0.05, 0.1) is 31.6 Å². The highest BCUT2D eigenvalue weighted by atomic mass is 19.1. The van der Waals surface area contributed by atoms with E-state index in [2.05, 4.69) is 9.97 Å². The van der Waals surface area contributed by atoms with E-state index in [9.17, 15) is 9.50 Å². The number of methoxy groups -OCH3 is 1. The van der Waals surface area contributed by atoms with Gasteiger partial charge >= 0.3 is 0 Å². The molecule has 110 valence electrons. The van der Waals surface area contributed by atoms with Crippen molar-refractivity contribution in [2.24, 2.45) is 0 Å². The number of benzene rings is 1. The maximum atomic E-state index is 13.0. The number of ether oxygens (including phenoxy) is 1. The van der Waals surface area contributed by atoms with E-state index in [1.807, 2.05) is 29.2 Å². The lowest BCUT2D eigenvalue weighted by Crippen LogP contribution is -2.26. The zero-order valence-corrected chi connectivity index (χ0v) is 11.6. The van der Waals surface area contributed by atoms with Crippen molar-refractivity contribution in [2.45, 2.75) is 18.6 Å². The summed E-state index contributed by atoms with van der Waals surface area (Å²) in [4.78, 5) is 9.91. The van der Waals surface area contributed by atoms with E-state index >= 15 is 0 Å². The van der Waals surface area contributed by atoms with Gasteiger partial charge in [-0.25, -0.2) is 14.4 Å². The lowest BCUT2D eigenvalue weighted by molar-refractivity contribution is 0.194. The molecule has 1 aliphatic rings. The molecular formula is C15H16FN3O2. The van der Waals surface area contributed by atoms with E-state index in [0.717, 1.165) is 23.7 Å². The van der Waals surface area contributed by atoms with Gasteiger partial charge in [-0.3, -0.25) is 0 Å². The van der Waals surface area contributed by atoms with Crippen LogP contribution >= 0.6 is 0 Å². The lowest BCUT2D eigenvalue weighted by atomic mass is 10.0. The van der Waals surface area contributed by atoms with Crippen LogP contribution in [0.2, 0.25) is 0 Å². The molecule has 0 spiro atoms. The molecule has 1 fully saturated rings. The minimum Gasteiger partial charge on any atom is -0.497 e. The van der Waals surface area contributed by atoms with E-state index in [0.29, 0.717) is 18.9 Å². The number of rotatable bonds is 3. The SMILES string of the molecule is COc1cccc([C@H]2C[C@H](O)CN2c2ncc(F)cn2)c1. The molecule has 5 nitrogen and oxygen atoms in total. The molecule has 0 bridgehead atoms. The van der Waals surface area contributed by atoms with Crippen LogP contribution in [0.5, 0.6) is 5.75 Å². The molecule has 2 atom stereocenters. The number of aliphatic hydroxyl groups excluding tert-OH is 1. The number of halogens is 1. The first kappa shape index (κ1) is 13.8. The van der Waals surface area contributed by atoms with Crippen LogP contribution in [0.3, 0.4) is 0 Å². The van der Waals surface area contributed by atoms with E-state index in [1.54, 1.807) is 7.11 Å². The summed E-state index contributed by atoms with van der Waals surface area (Å²) in [6.45, 7) is 0.424. The van der Waals surface area contributed by atoms with Crippen LogP contribution in [0.1, 0.15) is 18.0 Å². The van der Waals surface area contributed by atoms with Gasteiger partial charge in [0.15, 0.2) is 5.82 Å². The van der Waals surface area contributed by atoms with Crippen molar-refractivity contribution >= 4 is 5.95 Å². The number of hydrogen-bond donors (Lipinski definition) is 1. The molecule has 1 aromatic carbocycles. The predicted molar refractivity (Wildman–Crippen MR) is 75.7 cm³/mol. The van der Waals surface area contributed by atoms with Crippen LogP contribution in [0, 0.1) is 5.82 Å². The topological polar surface area (TPSA) is 58.5 Å². The van der Waals surface area contributed by atoms with Crippen LogP contribution < -0.4 is 9.64 Å². The van der Waals surface area contributed by atoms with Crippen molar-refractivity contribution in [3.8, 4) is 5.75 Å². The van der Waals surface area contributed by atoms with Crippen LogP contribution in [-0.2, 0) is 0 Å². The molecule has 1 N–H and O–H groups in total. The Balaban J connectivity index is 1.93. The summed E-state index contributed by atoms with van der Waals surface area (Å²) in [6, 6.07) is 7.62. The van der Waals surface area contributed by atoms with Gasteiger partial charge < -0.3 is 14.7 Å². The minimum absolute atomic E-state index is 0.0550. The highest BCUT2D eigenvalue weighted by molar-refractivity contribution is 5.41. The predicted octanol–water partition coefficient (Wildman–Crippen LogP) is 1.94. The Morgan fingerprint density at radius 3 is 2.81 bits per heavy atom. The third kappa shape index (κ3) is 2.80. The van der Waals surface area contributed by atoms with E-state index in [1.165, 1.54) is 0 Å². The quantitative estimate of drug-likeness (QED) is 0.935. The van der Waals surface area contributed by atoms with Gasteiger partial charge in [0.25, 0.3) is 0 Å². The second kappa shape index (κ2) is 5.65. The summed E-state index contributed by atoms with van der Waals surface area (Å²) in [6.07, 6.45) is 2.38. The highest BCUT2D eigenvalue weighted by Crippen LogP contribution is 2.35. The summed E-state index contributed by atoms with van der Waals surface area (Å²) < 4.78 is 18.2. The molecule has 0 amide bonds.